The van der Waals surface area contributed by atoms with E-state index in [4.69, 9.17) is 14.2 Å². The summed E-state index contributed by atoms with van der Waals surface area (Å²) in [5.74, 6) is 0.217. The lowest BCUT2D eigenvalue weighted by Crippen LogP contribution is -2.48. The fourth-order valence-corrected chi connectivity index (χ4v) is 3.95. The van der Waals surface area contributed by atoms with Crippen molar-refractivity contribution in [1.29, 1.82) is 0 Å². The number of urea groups is 1. The first-order valence-electron chi connectivity index (χ1n) is 11.7. The Balaban J connectivity index is 1.96. The zero-order chi connectivity index (χ0) is 26.2. The predicted molar refractivity (Wildman–Crippen MR) is 134 cm³/mol. The topological polar surface area (TPSA) is 92.7 Å². The number of carbonyl (C=O) groups is 2. The number of ether oxygens (including phenoxy) is 3. The van der Waals surface area contributed by atoms with Crippen LogP contribution in [0.1, 0.15) is 37.4 Å². The minimum atomic E-state index is -0.524. The molecule has 1 aliphatic rings. The van der Waals surface area contributed by atoms with Crippen LogP contribution in [0.15, 0.2) is 47.6 Å². The Bertz CT molecular complexity index is 1110. The van der Waals surface area contributed by atoms with E-state index in [-0.39, 0.29) is 31.8 Å². The first-order chi connectivity index (χ1) is 17.3. The highest BCUT2D eigenvalue weighted by molar-refractivity contribution is 6.03. The summed E-state index contributed by atoms with van der Waals surface area (Å²) in [6.07, 6.45) is 0.290. The molecule has 0 saturated heterocycles. The summed E-state index contributed by atoms with van der Waals surface area (Å²) in [7, 11) is 4.60. The summed E-state index contributed by atoms with van der Waals surface area (Å²) in [5, 5.41) is 8.66. The van der Waals surface area contributed by atoms with Crippen LogP contribution in [0.5, 0.6) is 11.5 Å². The van der Waals surface area contributed by atoms with Crippen molar-refractivity contribution < 1.29 is 28.2 Å². The van der Waals surface area contributed by atoms with Gasteiger partial charge in [0.25, 0.3) is 5.91 Å². The smallest absolute Gasteiger partial charge is 0.318 e. The van der Waals surface area contributed by atoms with E-state index in [1.54, 1.807) is 37.4 Å². The van der Waals surface area contributed by atoms with Crippen molar-refractivity contribution in [2.75, 3.05) is 41.0 Å². The van der Waals surface area contributed by atoms with Gasteiger partial charge in [0.15, 0.2) is 11.5 Å². The van der Waals surface area contributed by atoms with Crippen molar-refractivity contribution >= 4 is 17.6 Å². The van der Waals surface area contributed by atoms with Gasteiger partial charge in [-0.05, 0) is 37.6 Å². The van der Waals surface area contributed by atoms with E-state index in [1.807, 2.05) is 19.9 Å². The van der Waals surface area contributed by atoms with Gasteiger partial charge < -0.3 is 24.4 Å². The molecule has 0 fully saturated rings. The number of methoxy groups -OCH3 is 3. The maximum Gasteiger partial charge on any atom is 0.318 e. The van der Waals surface area contributed by atoms with E-state index < -0.39 is 17.8 Å². The second-order valence-corrected chi connectivity index (χ2v) is 8.62. The van der Waals surface area contributed by atoms with Crippen LogP contribution in [-0.2, 0) is 9.53 Å². The molecule has 0 radical (unpaired) electrons. The summed E-state index contributed by atoms with van der Waals surface area (Å²) in [4.78, 5) is 27.6. The average Bonchev–Trinajstić information content (AvgIpc) is 3.31. The second kappa shape index (κ2) is 12.3. The third-order valence-electron chi connectivity index (χ3n) is 5.73. The third kappa shape index (κ3) is 6.31. The standard InChI is InChI=1S/C26H33FN4O5/c1-17(2)28-26(33)30(12-13-34-3)16-25(32)31-22(18-10-11-23(35-4)24(14-18)36-5)15-21(29-31)19-8-6-7-9-20(19)27/h6-11,14,17,22H,12-13,15-16H2,1-5H3,(H,28,33). The summed E-state index contributed by atoms with van der Waals surface area (Å²) in [6, 6.07) is 10.7. The molecule has 2 aromatic rings. The summed E-state index contributed by atoms with van der Waals surface area (Å²) in [5.41, 5.74) is 1.51. The minimum Gasteiger partial charge on any atom is -0.493 e. The highest BCUT2D eigenvalue weighted by Crippen LogP contribution is 2.37. The van der Waals surface area contributed by atoms with Crippen molar-refractivity contribution in [2.24, 2.45) is 5.10 Å². The quantitative estimate of drug-likeness (QED) is 0.538. The zero-order valence-electron chi connectivity index (χ0n) is 21.3. The Morgan fingerprint density at radius 3 is 2.50 bits per heavy atom. The highest BCUT2D eigenvalue weighted by Gasteiger charge is 2.35. The number of hydrogen-bond acceptors (Lipinski definition) is 6. The van der Waals surface area contributed by atoms with E-state index in [2.05, 4.69) is 10.4 Å². The first-order valence-corrected chi connectivity index (χ1v) is 11.7. The lowest BCUT2D eigenvalue weighted by atomic mass is 9.97. The van der Waals surface area contributed by atoms with Crippen LogP contribution in [0, 0.1) is 5.82 Å². The van der Waals surface area contributed by atoms with Crippen LogP contribution in [-0.4, -0.2) is 74.6 Å². The Labute approximate surface area is 210 Å². The minimum absolute atomic E-state index is 0.102. The zero-order valence-corrected chi connectivity index (χ0v) is 21.3. The molecule has 2 aromatic carbocycles. The molecular weight excluding hydrogens is 467 g/mol. The Morgan fingerprint density at radius 2 is 1.86 bits per heavy atom. The van der Waals surface area contributed by atoms with Crippen molar-refractivity contribution in [3.8, 4) is 11.5 Å². The highest BCUT2D eigenvalue weighted by atomic mass is 19.1. The Hall–Kier alpha value is -3.66. The van der Waals surface area contributed by atoms with E-state index in [9.17, 15) is 14.0 Å². The molecule has 0 saturated carbocycles. The van der Waals surface area contributed by atoms with Crippen LogP contribution < -0.4 is 14.8 Å². The lowest BCUT2D eigenvalue weighted by Gasteiger charge is -2.27. The van der Waals surface area contributed by atoms with Crippen molar-refractivity contribution in [3.63, 3.8) is 0 Å². The number of hydrazone groups is 1. The monoisotopic (exact) mass is 500 g/mol. The van der Waals surface area contributed by atoms with Crippen molar-refractivity contribution in [1.82, 2.24) is 15.2 Å². The maximum absolute atomic E-state index is 14.6. The Morgan fingerprint density at radius 1 is 1.14 bits per heavy atom. The maximum atomic E-state index is 14.6. The molecule has 10 heteroatoms. The number of benzene rings is 2. The summed E-state index contributed by atoms with van der Waals surface area (Å²) < 4.78 is 30.5. The van der Waals surface area contributed by atoms with Gasteiger partial charge in [0.2, 0.25) is 0 Å². The number of nitrogens with zero attached hydrogens (tertiary/aromatic N) is 3. The molecule has 0 bridgehead atoms. The van der Waals surface area contributed by atoms with Crippen LogP contribution in [0.25, 0.3) is 0 Å². The molecule has 0 aromatic heterocycles. The lowest BCUT2D eigenvalue weighted by molar-refractivity contribution is -0.133. The van der Waals surface area contributed by atoms with Gasteiger partial charge in [-0.1, -0.05) is 24.3 Å². The molecule has 194 valence electrons. The SMILES string of the molecule is COCCN(CC(=O)N1N=C(c2ccccc2F)CC1c1ccc(OC)c(OC)c1)C(=O)NC(C)C. The molecule has 1 unspecified atom stereocenters. The predicted octanol–water partition coefficient (Wildman–Crippen LogP) is 3.59. The molecule has 1 heterocycles. The summed E-state index contributed by atoms with van der Waals surface area (Å²) >= 11 is 0. The van der Waals surface area contributed by atoms with Gasteiger partial charge in [0, 0.05) is 31.7 Å². The van der Waals surface area contributed by atoms with Gasteiger partial charge in [0.05, 0.1) is 32.6 Å². The van der Waals surface area contributed by atoms with Gasteiger partial charge in [-0.2, -0.15) is 5.10 Å². The molecule has 1 N–H and O–H groups in total. The number of carbonyl (C=O) groups excluding carboxylic acids is 2. The van der Waals surface area contributed by atoms with Crippen LogP contribution >= 0.6 is 0 Å². The van der Waals surface area contributed by atoms with Gasteiger partial charge >= 0.3 is 6.03 Å². The van der Waals surface area contributed by atoms with Gasteiger partial charge in [-0.3, -0.25) is 4.79 Å². The third-order valence-corrected chi connectivity index (χ3v) is 5.73. The molecule has 3 amide bonds. The van der Waals surface area contributed by atoms with Crippen LogP contribution in [0.4, 0.5) is 9.18 Å². The average molecular weight is 501 g/mol. The number of rotatable bonds is 10. The second-order valence-electron chi connectivity index (χ2n) is 8.62. The van der Waals surface area contributed by atoms with Gasteiger partial charge in [0.1, 0.15) is 12.4 Å². The normalized spacial score (nSPS) is 15.0. The van der Waals surface area contributed by atoms with E-state index in [0.717, 1.165) is 5.56 Å². The molecule has 36 heavy (non-hydrogen) atoms. The largest absolute Gasteiger partial charge is 0.493 e. The number of hydrogen-bond donors (Lipinski definition) is 1. The number of nitrogens with one attached hydrogen (secondary N) is 1. The van der Waals surface area contributed by atoms with E-state index in [1.165, 1.54) is 30.2 Å². The van der Waals surface area contributed by atoms with E-state index in [0.29, 0.717) is 29.2 Å². The molecular formula is C26H33FN4O5. The molecule has 9 nitrogen and oxygen atoms in total. The van der Waals surface area contributed by atoms with Gasteiger partial charge in [-0.15, -0.1) is 0 Å². The fourth-order valence-electron chi connectivity index (χ4n) is 3.95. The fraction of sp³-hybridized carbons (Fsp3) is 0.423. The van der Waals surface area contributed by atoms with Crippen LogP contribution in [0.3, 0.4) is 0 Å². The molecule has 0 aliphatic carbocycles. The molecule has 0 spiro atoms. The van der Waals surface area contributed by atoms with Crippen LogP contribution in [0.2, 0.25) is 0 Å². The van der Waals surface area contributed by atoms with Crippen molar-refractivity contribution in [2.45, 2.75) is 32.4 Å². The number of amides is 3. The number of halogens is 1. The molecule has 1 aliphatic heterocycles. The molecule has 3 rings (SSSR count). The first kappa shape index (κ1) is 26.9. The molecule has 1 atom stereocenters. The van der Waals surface area contributed by atoms with Gasteiger partial charge in [-0.25, -0.2) is 14.2 Å². The Kier molecular flexibility index (Phi) is 9.24. The van der Waals surface area contributed by atoms with E-state index >= 15 is 0 Å². The summed E-state index contributed by atoms with van der Waals surface area (Å²) in [6.45, 7) is 3.94. The van der Waals surface area contributed by atoms with Crippen molar-refractivity contribution in [3.05, 3.63) is 59.4 Å².